The summed E-state index contributed by atoms with van der Waals surface area (Å²) in [5.74, 6) is 1.04. The van der Waals surface area contributed by atoms with E-state index in [4.69, 9.17) is 4.74 Å². The predicted octanol–water partition coefficient (Wildman–Crippen LogP) is 3.77. The highest BCUT2D eigenvalue weighted by atomic mass is 16.5. The van der Waals surface area contributed by atoms with Crippen LogP contribution in [-0.4, -0.2) is 25.0 Å². The topological polar surface area (TPSA) is 29.5 Å². The van der Waals surface area contributed by atoms with Crippen molar-refractivity contribution in [2.75, 3.05) is 14.2 Å². The van der Waals surface area contributed by atoms with Gasteiger partial charge in [0.15, 0.2) is 0 Å². The van der Waals surface area contributed by atoms with Crippen LogP contribution in [0.4, 0.5) is 0 Å². The third-order valence-electron chi connectivity index (χ3n) is 4.72. The number of aryl methyl sites for hydroxylation is 2. The lowest BCUT2D eigenvalue weighted by Crippen LogP contribution is -2.30. The van der Waals surface area contributed by atoms with Gasteiger partial charge in [-0.05, 0) is 48.1 Å². The molecule has 0 aliphatic heterocycles. The van der Waals surface area contributed by atoms with E-state index >= 15 is 0 Å². The summed E-state index contributed by atoms with van der Waals surface area (Å²) < 4.78 is 5.23. The molecule has 0 bridgehead atoms. The average molecular weight is 309 g/mol. The van der Waals surface area contributed by atoms with Gasteiger partial charge in [-0.2, -0.15) is 0 Å². The molecule has 0 saturated carbocycles. The minimum atomic E-state index is 0.203. The SMILES string of the molecule is COc1cccc(CCC(=O)N(C)C2CCc3ccccc32)c1. The zero-order valence-corrected chi connectivity index (χ0v) is 13.8. The Morgan fingerprint density at radius 1 is 1.22 bits per heavy atom. The minimum Gasteiger partial charge on any atom is -0.497 e. The summed E-state index contributed by atoms with van der Waals surface area (Å²) in [6, 6.07) is 16.6. The number of benzene rings is 2. The molecule has 1 unspecified atom stereocenters. The van der Waals surface area contributed by atoms with Gasteiger partial charge in [-0.25, -0.2) is 0 Å². The van der Waals surface area contributed by atoms with Crippen molar-refractivity contribution in [1.29, 1.82) is 0 Å². The second-order valence-electron chi connectivity index (χ2n) is 6.11. The smallest absolute Gasteiger partial charge is 0.223 e. The zero-order valence-electron chi connectivity index (χ0n) is 13.8. The minimum absolute atomic E-state index is 0.203. The van der Waals surface area contributed by atoms with E-state index < -0.39 is 0 Å². The van der Waals surface area contributed by atoms with E-state index in [9.17, 15) is 4.79 Å². The highest BCUT2D eigenvalue weighted by Gasteiger charge is 2.27. The summed E-state index contributed by atoms with van der Waals surface area (Å²) in [4.78, 5) is 14.5. The Morgan fingerprint density at radius 2 is 2.04 bits per heavy atom. The van der Waals surface area contributed by atoms with Crippen LogP contribution in [0.3, 0.4) is 0 Å². The highest BCUT2D eigenvalue weighted by molar-refractivity contribution is 5.77. The van der Waals surface area contributed by atoms with E-state index in [0.29, 0.717) is 6.42 Å². The molecular formula is C20H23NO2. The van der Waals surface area contributed by atoms with Gasteiger partial charge in [0.25, 0.3) is 0 Å². The van der Waals surface area contributed by atoms with Gasteiger partial charge in [0.05, 0.1) is 13.2 Å². The first-order valence-electron chi connectivity index (χ1n) is 8.15. The Morgan fingerprint density at radius 3 is 2.87 bits per heavy atom. The second kappa shape index (κ2) is 6.86. The van der Waals surface area contributed by atoms with Crippen LogP contribution in [0.15, 0.2) is 48.5 Å². The van der Waals surface area contributed by atoms with Crippen molar-refractivity contribution in [2.45, 2.75) is 31.7 Å². The second-order valence-corrected chi connectivity index (χ2v) is 6.11. The monoisotopic (exact) mass is 309 g/mol. The van der Waals surface area contributed by atoms with Gasteiger partial charge in [0.1, 0.15) is 5.75 Å². The molecule has 3 rings (SSSR count). The third kappa shape index (κ3) is 3.39. The normalized spacial score (nSPS) is 16.0. The van der Waals surface area contributed by atoms with Crippen LogP contribution in [0, 0.1) is 0 Å². The quantitative estimate of drug-likeness (QED) is 0.841. The van der Waals surface area contributed by atoms with Crippen molar-refractivity contribution < 1.29 is 9.53 Å². The number of hydrogen-bond donors (Lipinski definition) is 0. The van der Waals surface area contributed by atoms with E-state index in [2.05, 4.69) is 24.3 Å². The zero-order chi connectivity index (χ0) is 16.2. The number of carbonyl (C=O) groups is 1. The number of amides is 1. The van der Waals surface area contributed by atoms with Gasteiger partial charge in [0, 0.05) is 13.5 Å². The molecule has 3 heteroatoms. The Labute approximate surface area is 137 Å². The van der Waals surface area contributed by atoms with Crippen molar-refractivity contribution in [3.05, 3.63) is 65.2 Å². The van der Waals surface area contributed by atoms with E-state index in [-0.39, 0.29) is 11.9 Å². The lowest BCUT2D eigenvalue weighted by molar-refractivity contribution is -0.132. The van der Waals surface area contributed by atoms with Crippen molar-refractivity contribution in [3.8, 4) is 5.75 Å². The van der Waals surface area contributed by atoms with E-state index in [1.807, 2.05) is 36.2 Å². The maximum atomic E-state index is 12.6. The Bertz CT molecular complexity index is 696. The first kappa shape index (κ1) is 15.6. The first-order valence-corrected chi connectivity index (χ1v) is 8.15. The predicted molar refractivity (Wildman–Crippen MR) is 91.6 cm³/mol. The van der Waals surface area contributed by atoms with Crippen LogP contribution < -0.4 is 4.74 Å². The molecule has 0 radical (unpaired) electrons. The summed E-state index contributed by atoms with van der Waals surface area (Å²) >= 11 is 0. The number of nitrogens with zero attached hydrogens (tertiary/aromatic N) is 1. The number of rotatable bonds is 5. The van der Waals surface area contributed by atoms with Gasteiger partial charge in [-0.15, -0.1) is 0 Å². The molecule has 1 amide bonds. The van der Waals surface area contributed by atoms with Crippen molar-refractivity contribution in [3.63, 3.8) is 0 Å². The molecule has 1 aliphatic rings. The fraction of sp³-hybridized carbons (Fsp3) is 0.350. The van der Waals surface area contributed by atoms with Crippen molar-refractivity contribution in [2.24, 2.45) is 0 Å². The van der Waals surface area contributed by atoms with Crippen LogP contribution in [0.2, 0.25) is 0 Å². The molecule has 2 aromatic carbocycles. The van der Waals surface area contributed by atoms with Crippen LogP contribution in [0.5, 0.6) is 5.75 Å². The van der Waals surface area contributed by atoms with E-state index in [0.717, 1.165) is 30.6 Å². The molecule has 3 nitrogen and oxygen atoms in total. The Kier molecular flexibility index (Phi) is 4.65. The highest BCUT2D eigenvalue weighted by Crippen LogP contribution is 2.35. The van der Waals surface area contributed by atoms with Gasteiger partial charge < -0.3 is 9.64 Å². The molecule has 1 aliphatic carbocycles. The van der Waals surface area contributed by atoms with Crippen molar-refractivity contribution >= 4 is 5.91 Å². The Balaban J connectivity index is 1.62. The first-order chi connectivity index (χ1) is 11.2. The third-order valence-corrected chi connectivity index (χ3v) is 4.72. The Hall–Kier alpha value is -2.29. The number of hydrogen-bond acceptors (Lipinski definition) is 2. The maximum Gasteiger partial charge on any atom is 0.223 e. The van der Waals surface area contributed by atoms with Crippen LogP contribution in [-0.2, 0) is 17.6 Å². The molecule has 1 atom stereocenters. The number of ether oxygens (including phenoxy) is 1. The summed E-state index contributed by atoms with van der Waals surface area (Å²) in [5, 5.41) is 0. The summed E-state index contributed by atoms with van der Waals surface area (Å²) in [5.41, 5.74) is 3.83. The maximum absolute atomic E-state index is 12.6. The molecule has 0 saturated heterocycles. The summed E-state index contributed by atoms with van der Waals surface area (Å²) in [6.07, 6.45) is 3.37. The standard InChI is InChI=1S/C20H23NO2/c1-21(19-12-11-16-7-3-4-9-18(16)19)20(22)13-10-15-6-5-8-17(14-15)23-2/h3-9,14,19H,10-13H2,1-2H3. The van der Waals surface area contributed by atoms with Crippen molar-refractivity contribution in [1.82, 2.24) is 4.90 Å². The summed E-state index contributed by atoms with van der Waals surface area (Å²) in [6.45, 7) is 0. The number of methoxy groups -OCH3 is 1. The van der Waals surface area contributed by atoms with Crippen LogP contribution in [0.25, 0.3) is 0 Å². The van der Waals surface area contributed by atoms with Gasteiger partial charge in [0.2, 0.25) is 5.91 Å². The molecule has 120 valence electrons. The van der Waals surface area contributed by atoms with Gasteiger partial charge in [-0.3, -0.25) is 4.79 Å². The lowest BCUT2D eigenvalue weighted by atomic mass is 10.1. The van der Waals surface area contributed by atoms with E-state index in [1.165, 1.54) is 11.1 Å². The lowest BCUT2D eigenvalue weighted by Gasteiger charge is -2.25. The molecule has 0 fully saturated rings. The molecule has 0 heterocycles. The van der Waals surface area contributed by atoms with Gasteiger partial charge >= 0.3 is 0 Å². The van der Waals surface area contributed by atoms with Gasteiger partial charge in [-0.1, -0.05) is 36.4 Å². The molecule has 0 N–H and O–H groups in total. The van der Waals surface area contributed by atoms with E-state index in [1.54, 1.807) is 7.11 Å². The summed E-state index contributed by atoms with van der Waals surface area (Å²) in [7, 11) is 3.59. The molecule has 0 aromatic heterocycles. The van der Waals surface area contributed by atoms with Crippen LogP contribution in [0.1, 0.15) is 35.6 Å². The molecule has 0 spiro atoms. The molecule has 23 heavy (non-hydrogen) atoms. The largest absolute Gasteiger partial charge is 0.497 e. The van der Waals surface area contributed by atoms with Crippen LogP contribution >= 0.6 is 0 Å². The molecule has 2 aromatic rings. The fourth-order valence-corrected chi connectivity index (χ4v) is 3.37. The number of fused-ring (bicyclic) bond motifs is 1. The average Bonchev–Trinajstić information content (AvgIpc) is 3.03. The fourth-order valence-electron chi connectivity index (χ4n) is 3.37. The molecular weight excluding hydrogens is 286 g/mol. The number of carbonyl (C=O) groups excluding carboxylic acids is 1.